The van der Waals surface area contributed by atoms with Crippen LogP contribution in [0.2, 0.25) is 0 Å². The SMILES string of the molecule is Cl.Cl.Cn1cnc(CN)n1. The van der Waals surface area contributed by atoms with Crippen LogP contribution in [0.25, 0.3) is 0 Å². The number of aromatic nitrogens is 3. The summed E-state index contributed by atoms with van der Waals surface area (Å²) in [6.45, 7) is 0.418. The highest BCUT2D eigenvalue weighted by Gasteiger charge is 1.90. The standard InChI is InChI=1S/C4H8N4.2ClH/c1-8-3-6-4(2-5)7-8;;/h3H,2,5H2,1H3;2*1H. The fourth-order valence-electron chi connectivity index (χ4n) is 0.477. The molecule has 1 aromatic heterocycles. The molecule has 2 N–H and O–H groups in total. The van der Waals surface area contributed by atoms with Gasteiger partial charge < -0.3 is 5.73 Å². The predicted octanol–water partition coefficient (Wildman–Crippen LogP) is 0.117. The molecule has 0 amide bonds. The zero-order valence-corrected chi connectivity index (χ0v) is 7.15. The maximum absolute atomic E-state index is 5.22. The summed E-state index contributed by atoms with van der Waals surface area (Å²) < 4.78 is 1.63. The minimum absolute atomic E-state index is 0. The summed E-state index contributed by atoms with van der Waals surface area (Å²) in [5.41, 5.74) is 5.22. The average Bonchev–Trinajstić information content (AvgIpc) is 2.14. The van der Waals surface area contributed by atoms with Crippen molar-refractivity contribution in [2.75, 3.05) is 0 Å². The highest BCUT2D eigenvalue weighted by Crippen LogP contribution is 1.81. The Morgan fingerprint density at radius 1 is 1.60 bits per heavy atom. The third-order valence-electron chi connectivity index (χ3n) is 0.830. The molecule has 0 atom stereocenters. The first kappa shape index (κ1) is 12.4. The highest BCUT2D eigenvalue weighted by atomic mass is 35.5. The Bertz CT molecular complexity index is 176. The number of halogens is 2. The first-order valence-corrected chi connectivity index (χ1v) is 2.37. The summed E-state index contributed by atoms with van der Waals surface area (Å²) in [5.74, 6) is 0.688. The maximum atomic E-state index is 5.22. The molecule has 1 rings (SSSR count). The Labute approximate surface area is 71.6 Å². The zero-order valence-electron chi connectivity index (χ0n) is 5.52. The van der Waals surface area contributed by atoms with E-state index in [1.807, 2.05) is 7.05 Å². The minimum Gasteiger partial charge on any atom is -0.324 e. The van der Waals surface area contributed by atoms with Gasteiger partial charge in [-0.15, -0.1) is 24.8 Å². The fraction of sp³-hybridized carbons (Fsp3) is 0.500. The van der Waals surface area contributed by atoms with E-state index in [-0.39, 0.29) is 24.8 Å². The molecule has 0 saturated heterocycles. The van der Waals surface area contributed by atoms with Gasteiger partial charge in [-0.2, -0.15) is 5.10 Å². The zero-order chi connectivity index (χ0) is 5.98. The number of nitrogens with two attached hydrogens (primary N) is 1. The molecule has 1 heterocycles. The van der Waals surface area contributed by atoms with Crippen LogP contribution in [-0.4, -0.2) is 14.8 Å². The van der Waals surface area contributed by atoms with Crippen LogP contribution in [0.4, 0.5) is 0 Å². The van der Waals surface area contributed by atoms with Crippen LogP contribution >= 0.6 is 24.8 Å². The number of hydrogen-bond acceptors (Lipinski definition) is 3. The fourth-order valence-corrected chi connectivity index (χ4v) is 0.477. The number of aryl methyl sites for hydroxylation is 1. The molecular weight excluding hydrogens is 175 g/mol. The van der Waals surface area contributed by atoms with Crippen LogP contribution in [0.5, 0.6) is 0 Å². The quantitative estimate of drug-likeness (QED) is 0.675. The van der Waals surface area contributed by atoms with Crippen molar-refractivity contribution in [2.24, 2.45) is 12.8 Å². The molecule has 6 heteroatoms. The summed E-state index contributed by atoms with van der Waals surface area (Å²) in [4.78, 5) is 3.86. The molecule has 0 aromatic carbocycles. The molecular formula is C4H10Cl2N4. The Balaban J connectivity index is 0. The number of rotatable bonds is 1. The van der Waals surface area contributed by atoms with Crippen molar-refractivity contribution in [2.45, 2.75) is 6.54 Å². The van der Waals surface area contributed by atoms with Crippen molar-refractivity contribution in [3.63, 3.8) is 0 Å². The minimum atomic E-state index is 0. The topological polar surface area (TPSA) is 56.7 Å². The summed E-state index contributed by atoms with van der Waals surface area (Å²) >= 11 is 0. The lowest BCUT2D eigenvalue weighted by molar-refractivity contribution is 0.742. The van der Waals surface area contributed by atoms with Crippen LogP contribution in [0.1, 0.15) is 5.82 Å². The first-order chi connectivity index (χ1) is 3.83. The van der Waals surface area contributed by atoms with E-state index >= 15 is 0 Å². The monoisotopic (exact) mass is 184 g/mol. The lowest BCUT2D eigenvalue weighted by Gasteiger charge is -1.81. The van der Waals surface area contributed by atoms with Crippen LogP contribution in [0.15, 0.2) is 6.33 Å². The molecule has 0 spiro atoms. The largest absolute Gasteiger partial charge is 0.324 e. The normalized spacial score (nSPS) is 7.80. The summed E-state index contributed by atoms with van der Waals surface area (Å²) in [5, 5.41) is 3.91. The molecule has 0 radical (unpaired) electrons. The molecule has 0 aliphatic heterocycles. The molecule has 0 fully saturated rings. The second kappa shape index (κ2) is 5.46. The van der Waals surface area contributed by atoms with Gasteiger partial charge in [0.2, 0.25) is 0 Å². The van der Waals surface area contributed by atoms with E-state index in [0.29, 0.717) is 12.4 Å². The molecule has 0 bridgehead atoms. The van der Waals surface area contributed by atoms with Crippen molar-refractivity contribution in [3.8, 4) is 0 Å². The second-order valence-corrected chi connectivity index (χ2v) is 1.54. The number of hydrogen-bond donors (Lipinski definition) is 1. The highest BCUT2D eigenvalue weighted by molar-refractivity contribution is 5.85. The average molecular weight is 185 g/mol. The number of nitrogens with zero attached hydrogens (tertiary/aromatic N) is 3. The molecule has 10 heavy (non-hydrogen) atoms. The molecule has 60 valence electrons. The van der Waals surface area contributed by atoms with E-state index in [9.17, 15) is 0 Å². The lowest BCUT2D eigenvalue weighted by atomic mass is 10.6. The van der Waals surface area contributed by atoms with E-state index in [1.165, 1.54) is 0 Å². The Kier molecular flexibility index (Phi) is 6.76. The van der Waals surface area contributed by atoms with Gasteiger partial charge in [0.05, 0.1) is 6.54 Å². The summed E-state index contributed by atoms with van der Waals surface area (Å²) in [6.07, 6.45) is 1.63. The third kappa shape index (κ3) is 3.00. The maximum Gasteiger partial charge on any atom is 0.164 e. The predicted molar refractivity (Wildman–Crippen MR) is 43.4 cm³/mol. The van der Waals surface area contributed by atoms with Crippen LogP contribution in [-0.2, 0) is 13.6 Å². The molecule has 0 aliphatic rings. The molecule has 4 nitrogen and oxygen atoms in total. The van der Waals surface area contributed by atoms with E-state index in [1.54, 1.807) is 11.0 Å². The summed E-state index contributed by atoms with van der Waals surface area (Å²) in [6, 6.07) is 0. The van der Waals surface area contributed by atoms with E-state index in [2.05, 4.69) is 10.1 Å². The Hall–Kier alpha value is -0.320. The summed E-state index contributed by atoms with van der Waals surface area (Å²) in [7, 11) is 1.81. The van der Waals surface area contributed by atoms with Crippen LogP contribution in [0.3, 0.4) is 0 Å². The van der Waals surface area contributed by atoms with Crippen molar-refractivity contribution >= 4 is 24.8 Å². The van der Waals surface area contributed by atoms with Crippen molar-refractivity contribution < 1.29 is 0 Å². The molecule has 0 aliphatic carbocycles. The van der Waals surface area contributed by atoms with Gasteiger partial charge in [-0.05, 0) is 0 Å². The van der Waals surface area contributed by atoms with Gasteiger partial charge >= 0.3 is 0 Å². The van der Waals surface area contributed by atoms with Gasteiger partial charge in [0.15, 0.2) is 5.82 Å². The van der Waals surface area contributed by atoms with Crippen molar-refractivity contribution in [3.05, 3.63) is 12.2 Å². The Morgan fingerprint density at radius 3 is 2.40 bits per heavy atom. The van der Waals surface area contributed by atoms with Crippen molar-refractivity contribution in [1.82, 2.24) is 14.8 Å². The Morgan fingerprint density at radius 2 is 2.20 bits per heavy atom. The lowest BCUT2D eigenvalue weighted by Crippen LogP contribution is -1.99. The van der Waals surface area contributed by atoms with E-state index in [0.717, 1.165) is 0 Å². The van der Waals surface area contributed by atoms with Crippen LogP contribution in [0, 0.1) is 0 Å². The smallest absolute Gasteiger partial charge is 0.164 e. The second-order valence-electron chi connectivity index (χ2n) is 1.54. The van der Waals surface area contributed by atoms with Gasteiger partial charge in [-0.3, -0.25) is 4.68 Å². The van der Waals surface area contributed by atoms with Gasteiger partial charge in [-0.1, -0.05) is 0 Å². The van der Waals surface area contributed by atoms with E-state index in [4.69, 9.17) is 5.73 Å². The molecule has 1 aromatic rings. The van der Waals surface area contributed by atoms with Gasteiger partial charge in [0, 0.05) is 7.05 Å². The van der Waals surface area contributed by atoms with Gasteiger partial charge in [0.1, 0.15) is 6.33 Å². The van der Waals surface area contributed by atoms with Gasteiger partial charge in [0.25, 0.3) is 0 Å². The first-order valence-electron chi connectivity index (χ1n) is 2.37. The molecule has 0 saturated carbocycles. The molecule has 0 unspecified atom stereocenters. The van der Waals surface area contributed by atoms with Gasteiger partial charge in [-0.25, -0.2) is 4.98 Å². The third-order valence-corrected chi connectivity index (χ3v) is 0.830. The van der Waals surface area contributed by atoms with Crippen molar-refractivity contribution in [1.29, 1.82) is 0 Å². The van der Waals surface area contributed by atoms with E-state index < -0.39 is 0 Å². The van der Waals surface area contributed by atoms with Crippen LogP contribution < -0.4 is 5.73 Å².